The molecule has 1 aromatic rings. The molecule has 0 saturated heterocycles. The molecule has 0 aliphatic heterocycles. The summed E-state index contributed by atoms with van der Waals surface area (Å²) in [6, 6.07) is 0. The second kappa shape index (κ2) is 5.95. The van der Waals surface area contributed by atoms with E-state index in [1.54, 1.807) is 25.9 Å². The van der Waals surface area contributed by atoms with Gasteiger partial charge >= 0.3 is 0 Å². The molecule has 1 heterocycles. The van der Waals surface area contributed by atoms with Crippen LogP contribution in [0.5, 0.6) is 0 Å². The van der Waals surface area contributed by atoms with Crippen LogP contribution in [0.2, 0.25) is 0 Å². The Morgan fingerprint density at radius 2 is 2.18 bits per heavy atom. The summed E-state index contributed by atoms with van der Waals surface area (Å²) in [7, 11) is 3.44. The zero-order valence-electron chi connectivity index (χ0n) is 10.2. The van der Waals surface area contributed by atoms with Gasteiger partial charge in [0.2, 0.25) is 5.91 Å². The fourth-order valence-corrected chi connectivity index (χ4v) is 1.66. The zero-order chi connectivity index (χ0) is 13.0. The van der Waals surface area contributed by atoms with E-state index in [0.717, 1.165) is 0 Å². The van der Waals surface area contributed by atoms with Gasteiger partial charge in [-0.2, -0.15) is 0 Å². The normalized spacial score (nSPS) is 10.4. The quantitative estimate of drug-likeness (QED) is 0.839. The van der Waals surface area contributed by atoms with Crippen LogP contribution in [0.3, 0.4) is 0 Å². The van der Waals surface area contributed by atoms with Crippen molar-refractivity contribution in [3.05, 3.63) is 26.8 Å². The lowest BCUT2D eigenvalue weighted by Crippen LogP contribution is -2.24. The number of amides is 1. The summed E-state index contributed by atoms with van der Waals surface area (Å²) < 4.78 is 2.00. The molecule has 17 heavy (non-hydrogen) atoms. The van der Waals surface area contributed by atoms with Crippen molar-refractivity contribution < 1.29 is 4.79 Å². The summed E-state index contributed by atoms with van der Waals surface area (Å²) in [5.41, 5.74) is 0.574. The van der Waals surface area contributed by atoms with Crippen molar-refractivity contribution in [1.29, 1.82) is 0 Å². The lowest BCUT2D eigenvalue weighted by Gasteiger charge is -2.10. The summed E-state index contributed by atoms with van der Waals surface area (Å²) in [5.74, 6) is 0.0668. The summed E-state index contributed by atoms with van der Waals surface area (Å²) in [4.78, 5) is 28.8. The number of aryl methyl sites for hydroxylation is 2. The van der Waals surface area contributed by atoms with Crippen molar-refractivity contribution in [2.75, 3.05) is 14.1 Å². The van der Waals surface area contributed by atoms with Crippen LogP contribution < -0.4 is 5.56 Å². The fourth-order valence-electron chi connectivity index (χ4n) is 1.33. The maximum absolute atomic E-state index is 11.8. The first-order valence-corrected chi connectivity index (χ1v) is 6.14. The SMILES string of the molecule is Cc1ncn(CCCC(=O)N(C)C)c(=O)c1Br. The maximum Gasteiger partial charge on any atom is 0.267 e. The number of nitrogens with zero attached hydrogens (tertiary/aromatic N) is 3. The summed E-state index contributed by atoms with van der Waals surface area (Å²) in [6.45, 7) is 2.27. The minimum atomic E-state index is -0.102. The number of halogens is 1. The number of carbonyl (C=O) groups excluding carboxylic acids is 1. The van der Waals surface area contributed by atoms with Gasteiger partial charge in [-0.3, -0.25) is 14.2 Å². The number of carbonyl (C=O) groups is 1. The highest BCUT2D eigenvalue weighted by molar-refractivity contribution is 9.10. The van der Waals surface area contributed by atoms with E-state index < -0.39 is 0 Å². The largest absolute Gasteiger partial charge is 0.349 e. The van der Waals surface area contributed by atoms with Gasteiger partial charge in [-0.15, -0.1) is 0 Å². The van der Waals surface area contributed by atoms with E-state index in [1.807, 2.05) is 0 Å². The molecule has 0 saturated carbocycles. The van der Waals surface area contributed by atoms with Crippen LogP contribution in [0, 0.1) is 6.92 Å². The van der Waals surface area contributed by atoms with Gasteiger partial charge in [0.05, 0.1) is 12.0 Å². The average molecular weight is 302 g/mol. The van der Waals surface area contributed by atoms with Crippen LogP contribution >= 0.6 is 15.9 Å². The lowest BCUT2D eigenvalue weighted by molar-refractivity contribution is -0.128. The van der Waals surface area contributed by atoms with Crippen LogP contribution in [0.4, 0.5) is 0 Å². The van der Waals surface area contributed by atoms with E-state index in [1.165, 1.54) is 10.9 Å². The molecule has 1 rings (SSSR count). The Kier molecular flexibility index (Phi) is 4.86. The smallest absolute Gasteiger partial charge is 0.267 e. The van der Waals surface area contributed by atoms with Gasteiger partial charge in [-0.1, -0.05) is 0 Å². The molecule has 0 spiro atoms. The molecule has 1 aromatic heterocycles. The maximum atomic E-state index is 11.8. The second-order valence-electron chi connectivity index (χ2n) is 4.03. The summed E-state index contributed by atoms with van der Waals surface area (Å²) in [6.07, 6.45) is 2.58. The third kappa shape index (κ3) is 3.66. The van der Waals surface area contributed by atoms with E-state index in [2.05, 4.69) is 20.9 Å². The molecule has 0 N–H and O–H groups in total. The molecule has 94 valence electrons. The van der Waals surface area contributed by atoms with E-state index in [-0.39, 0.29) is 11.5 Å². The third-order valence-electron chi connectivity index (χ3n) is 2.45. The molecule has 0 bridgehead atoms. The number of rotatable bonds is 4. The highest BCUT2D eigenvalue weighted by Gasteiger charge is 2.07. The molecule has 0 radical (unpaired) electrons. The monoisotopic (exact) mass is 301 g/mol. The second-order valence-corrected chi connectivity index (χ2v) is 4.83. The van der Waals surface area contributed by atoms with Crippen molar-refractivity contribution in [2.45, 2.75) is 26.3 Å². The molecule has 5 nitrogen and oxygen atoms in total. The predicted molar refractivity (Wildman–Crippen MR) is 68.9 cm³/mol. The highest BCUT2D eigenvalue weighted by Crippen LogP contribution is 2.06. The van der Waals surface area contributed by atoms with Crippen molar-refractivity contribution in [2.24, 2.45) is 0 Å². The Morgan fingerprint density at radius 3 is 2.76 bits per heavy atom. The Bertz CT molecular complexity index is 468. The molecule has 0 aromatic carbocycles. The molecule has 0 aliphatic carbocycles. The molecular formula is C11H16BrN3O2. The molecule has 0 aliphatic rings. The van der Waals surface area contributed by atoms with Crippen molar-refractivity contribution in [3.8, 4) is 0 Å². The Labute approximate surface area is 109 Å². The first kappa shape index (κ1) is 13.9. The minimum absolute atomic E-state index is 0.0668. The van der Waals surface area contributed by atoms with Crippen molar-refractivity contribution >= 4 is 21.8 Å². The van der Waals surface area contributed by atoms with E-state index in [4.69, 9.17) is 0 Å². The zero-order valence-corrected chi connectivity index (χ0v) is 11.8. The fraction of sp³-hybridized carbons (Fsp3) is 0.545. The van der Waals surface area contributed by atoms with Crippen LogP contribution in [-0.4, -0.2) is 34.5 Å². The first-order valence-electron chi connectivity index (χ1n) is 5.35. The average Bonchev–Trinajstić information content (AvgIpc) is 2.28. The lowest BCUT2D eigenvalue weighted by atomic mass is 10.3. The van der Waals surface area contributed by atoms with Gasteiger partial charge in [0.1, 0.15) is 4.47 Å². The Balaban J connectivity index is 2.62. The summed E-state index contributed by atoms with van der Waals surface area (Å²) >= 11 is 3.20. The number of hydrogen-bond donors (Lipinski definition) is 0. The highest BCUT2D eigenvalue weighted by atomic mass is 79.9. The minimum Gasteiger partial charge on any atom is -0.349 e. The van der Waals surface area contributed by atoms with Crippen LogP contribution in [0.15, 0.2) is 15.6 Å². The molecule has 6 heteroatoms. The van der Waals surface area contributed by atoms with Gasteiger partial charge in [0.15, 0.2) is 0 Å². The van der Waals surface area contributed by atoms with Crippen LogP contribution in [0.1, 0.15) is 18.5 Å². The third-order valence-corrected chi connectivity index (χ3v) is 3.36. The van der Waals surface area contributed by atoms with Gasteiger partial charge in [0.25, 0.3) is 5.56 Å². The first-order chi connectivity index (χ1) is 7.93. The standard InChI is InChI=1S/C11H16BrN3O2/c1-8-10(12)11(17)15(7-13-8)6-4-5-9(16)14(2)3/h7H,4-6H2,1-3H3. The van der Waals surface area contributed by atoms with Gasteiger partial charge in [-0.05, 0) is 29.3 Å². The van der Waals surface area contributed by atoms with E-state index >= 15 is 0 Å². The predicted octanol–water partition coefficient (Wildman–Crippen LogP) is 1.18. The van der Waals surface area contributed by atoms with Crippen LogP contribution in [0.25, 0.3) is 0 Å². The molecular weight excluding hydrogens is 286 g/mol. The molecule has 1 amide bonds. The Morgan fingerprint density at radius 1 is 1.53 bits per heavy atom. The van der Waals surface area contributed by atoms with Gasteiger partial charge < -0.3 is 4.90 Å². The molecule has 0 fully saturated rings. The van der Waals surface area contributed by atoms with Gasteiger partial charge in [-0.25, -0.2) is 4.98 Å². The van der Waals surface area contributed by atoms with Crippen LogP contribution in [-0.2, 0) is 11.3 Å². The number of aromatic nitrogens is 2. The molecule has 0 unspecified atom stereocenters. The molecule has 0 atom stereocenters. The Hall–Kier alpha value is -1.17. The van der Waals surface area contributed by atoms with E-state index in [0.29, 0.717) is 29.6 Å². The number of hydrogen-bond acceptors (Lipinski definition) is 3. The summed E-state index contributed by atoms with van der Waals surface area (Å²) in [5, 5.41) is 0. The van der Waals surface area contributed by atoms with E-state index in [9.17, 15) is 9.59 Å². The van der Waals surface area contributed by atoms with Crippen molar-refractivity contribution in [1.82, 2.24) is 14.5 Å². The van der Waals surface area contributed by atoms with Crippen molar-refractivity contribution in [3.63, 3.8) is 0 Å². The topological polar surface area (TPSA) is 55.2 Å². The van der Waals surface area contributed by atoms with Gasteiger partial charge in [0, 0.05) is 27.1 Å².